The number of ether oxygens (including phenoxy) is 1. The fourth-order valence-corrected chi connectivity index (χ4v) is 2.44. The molecular formula is C19H24Cl2N2O2. The fourth-order valence-electron chi connectivity index (χ4n) is 2.25. The molecule has 4 nitrogen and oxygen atoms in total. The number of carbonyl (C=O) groups is 1. The Morgan fingerprint density at radius 3 is 2.60 bits per heavy atom. The lowest BCUT2D eigenvalue weighted by Crippen LogP contribution is -2.17. The average Bonchev–Trinajstić information content (AvgIpc) is 2.59. The molecule has 25 heavy (non-hydrogen) atoms. The van der Waals surface area contributed by atoms with Crippen LogP contribution in [0.1, 0.15) is 25.3 Å². The zero-order chi connectivity index (χ0) is 17.2. The molecule has 0 aliphatic rings. The lowest BCUT2D eigenvalue weighted by molar-refractivity contribution is -0.116. The summed E-state index contributed by atoms with van der Waals surface area (Å²) < 4.78 is 5.59. The summed E-state index contributed by atoms with van der Waals surface area (Å²) >= 11 is 6.02. The van der Waals surface area contributed by atoms with E-state index in [-0.39, 0.29) is 18.3 Å². The highest BCUT2D eigenvalue weighted by molar-refractivity contribution is 6.32. The SMILES string of the molecule is CCNCc1ccccc1NC(=O)CCCOc1ccccc1Cl.Cl. The normalized spacial score (nSPS) is 10.0. The van der Waals surface area contributed by atoms with Gasteiger partial charge in [-0.15, -0.1) is 12.4 Å². The Balaban J connectivity index is 0.00000312. The van der Waals surface area contributed by atoms with E-state index in [1.807, 2.05) is 42.5 Å². The summed E-state index contributed by atoms with van der Waals surface area (Å²) in [6.07, 6.45) is 1.03. The van der Waals surface area contributed by atoms with Crippen molar-refractivity contribution in [2.24, 2.45) is 0 Å². The van der Waals surface area contributed by atoms with Crippen molar-refractivity contribution >= 4 is 35.6 Å². The second kappa shape index (κ2) is 11.7. The van der Waals surface area contributed by atoms with E-state index >= 15 is 0 Å². The van der Waals surface area contributed by atoms with Crippen molar-refractivity contribution in [1.82, 2.24) is 5.32 Å². The first-order valence-electron chi connectivity index (χ1n) is 8.16. The largest absolute Gasteiger partial charge is 0.492 e. The van der Waals surface area contributed by atoms with Crippen LogP contribution in [-0.2, 0) is 11.3 Å². The van der Waals surface area contributed by atoms with Gasteiger partial charge in [-0.1, -0.05) is 48.9 Å². The van der Waals surface area contributed by atoms with E-state index in [4.69, 9.17) is 16.3 Å². The minimum atomic E-state index is -0.0123. The summed E-state index contributed by atoms with van der Waals surface area (Å²) in [6, 6.07) is 15.2. The fraction of sp³-hybridized carbons (Fsp3) is 0.316. The minimum absolute atomic E-state index is 0. The van der Waals surface area contributed by atoms with Gasteiger partial charge in [0.15, 0.2) is 0 Å². The quantitative estimate of drug-likeness (QED) is 0.619. The first-order valence-corrected chi connectivity index (χ1v) is 8.54. The second-order valence-corrected chi connectivity index (χ2v) is 5.78. The molecule has 0 aromatic heterocycles. The first-order chi connectivity index (χ1) is 11.7. The molecule has 2 aromatic carbocycles. The second-order valence-electron chi connectivity index (χ2n) is 5.37. The first kappa shape index (κ1) is 21.3. The van der Waals surface area contributed by atoms with E-state index < -0.39 is 0 Å². The molecule has 6 heteroatoms. The van der Waals surface area contributed by atoms with Crippen LogP contribution in [-0.4, -0.2) is 19.1 Å². The third kappa shape index (κ3) is 7.34. The molecule has 0 saturated heterocycles. The zero-order valence-electron chi connectivity index (χ0n) is 14.3. The summed E-state index contributed by atoms with van der Waals surface area (Å²) in [4.78, 5) is 12.1. The molecule has 2 aromatic rings. The number of halogens is 2. The lowest BCUT2D eigenvalue weighted by atomic mass is 10.1. The molecule has 136 valence electrons. The predicted octanol–water partition coefficient (Wildman–Crippen LogP) is 4.67. The van der Waals surface area contributed by atoms with Gasteiger partial charge in [0.1, 0.15) is 5.75 Å². The van der Waals surface area contributed by atoms with Crippen LogP contribution in [0.2, 0.25) is 5.02 Å². The molecule has 0 saturated carbocycles. The lowest BCUT2D eigenvalue weighted by Gasteiger charge is -2.12. The van der Waals surface area contributed by atoms with E-state index in [9.17, 15) is 4.79 Å². The molecule has 2 N–H and O–H groups in total. The average molecular weight is 383 g/mol. The van der Waals surface area contributed by atoms with E-state index in [2.05, 4.69) is 17.6 Å². The van der Waals surface area contributed by atoms with Crippen molar-refractivity contribution in [1.29, 1.82) is 0 Å². The number of rotatable bonds is 9. The molecule has 0 unspecified atom stereocenters. The summed E-state index contributed by atoms with van der Waals surface area (Å²) in [5.41, 5.74) is 1.94. The molecule has 0 aliphatic carbocycles. The third-order valence-corrected chi connectivity index (χ3v) is 3.81. The smallest absolute Gasteiger partial charge is 0.224 e. The summed E-state index contributed by atoms with van der Waals surface area (Å²) in [5.74, 6) is 0.636. The summed E-state index contributed by atoms with van der Waals surface area (Å²) in [5, 5.41) is 6.82. The maximum Gasteiger partial charge on any atom is 0.224 e. The highest BCUT2D eigenvalue weighted by Gasteiger charge is 2.07. The number of anilines is 1. The summed E-state index contributed by atoms with van der Waals surface area (Å²) in [6.45, 7) is 4.14. The van der Waals surface area contributed by atoms with Gasteiger partial charge in [0.2, 0.25) is 5.91 Å². The van der Waals surface area contributed by atoms with E-state index in [0.717, 1.165) is 24.3 Å². The molecule has 1 amide bonds. The number of para-hydroxylation sites is 2. The predicted molar refractivity (Wildman–Crippen MR) is 106 cm³/mol. The Morgan fingerprint density at radius 1 is 1.12 bits per heavy atom. The van der Waals surface area contributed by atoms with Crippen molar-refractivity contribution in [3.05, 3.63) is 59.1 Å². The Hall–Kier alpha value is -1.75. The molecule has 0 aliphatic heterocycles. The molecular weight excluding hydrogens is 359 g/mol. The van der Waals surface area contributed by atoms with Crippen LogP contribution < -0.4 is 15.4 Å². The molecule has 0 fully saturated rings. The monoisotopic (exact) mass is 382 g/mol. The molecule has 0 spiro atoms. The van der Waals surface area contributed by atoms with Gasteiger partial charge in [0.05, 0.1) is 11.6 Å². The number of amides is 1. The van der Waals surface area contributed by atoms with Gasteiger partial charge < -0.3 is 15.4 Å². The Morgan fingerprint density at radius 2 is 1.84 bits per heavy atom. The summed E-state index contributed by atoms with van der Waals surface area (Å²) in [7, 11) is 0. The van der Waals surface area contributed by atoms with E-state index in [1.54, 1.807) is 6.07 Å². The standard InChI is InChI=1S/C19H23ClN2O2.ClH/c1-2-21-14-15-8-3-5-10-17(15)22-19(23)12-7-13-24-18-11-6-4-9-16(18)20;/h3-6,8-11,21H,2,7,12-14H2,1H3,(H,22,23);1H. The van der Waals surface area contributed by atoms with Gasteiger partial charge in [-0.05, 0) is 36.7 Å². The molecule has 0 radical (unpaired) electrons. The van der Waals surface area contributed by atoms with Crippen LogP contribution >= 0.6 is 24.0 Å². The van der Waals surface area contributed by atoms with Crippen LogP contribution in [0.3, 0.4) is 0 Å². The van der Waals surface area contributed by atoms with Crippen LogP contribution in [0.4, 0.5) is 5.69 Å². The van der Waals surface area contributed by atoms with Crippen LogP contribution in [0.15, 0.2) is 48.5 Å². The Bertz CT molecular complexity index is 665. The van der Waals surface area contributed by atoms with Crippen LogP contribution in [0.5, 0.6) is 5.75 Å². The van der Waals surface area contributed by atoms with Crippen molar-refractivity contribution in [3.63, 3.8) is 0 Å². The topological polar surface area (TPSA) is 50.4 Å². The van der Waals surface area contributed by atoms with Gasteiger partial charge >= 0.3 is 0 Å². The van der Waals surface area contributed by atoms with Crippen LogP contribution in [0, 0.1) is 0 Å². The van der Waals surface area contributed by atoms with Crippen molar-refractivity contribution in [3.8, 4) is 5.75 Å². The molecule has 2 rings (SSSR count). The highest BCUT2D eigenvalue weighted by atomic mass is 35.5. The van der Waals surface area contributed by atoms with Crippen LogP contribution in [0.25, 0.3) is 0 Å². The Labute approximate surface area is 160 Å². The van der Waals surface area contributed by atoms with E-state index in [1.165, 1.54) is 0 Å². The van der Waals surface area contributed by atoms with Gasteiger partial charge in [0.25, 0.3) is 0 Å². The maximum atomic E-state index is 12.1. The number of nitrogens with one attached hydrogen (secondary N) is 2. The van der Waals surface area contributed by atoms with E-state index in [0.29, 0.717) is 30.2 Å². The number of hydrogen-bond donors (Lipinski definition) is 2. The van der Waals surface area contributed by atoms with Crippen molar-refractivity contribution < 1.29 is 9.53 Å². The number of carbonyl (C=O) groups excluding carboxylic acids is 1. The number of benzene rings is 2. The van der Waals surface area contributed by atoms with Gasteiger partial charge in [-0.25, -0.2) is 0 Å². The van der Waals surface area contributed by atoms with Gasteiger partial charge in [0, 0.05) is 18.7 Å². The maximum absolute atomic E-state index is 12.1. The van der Waals surface area contributed by atoms with Gasteiger partial charge in [-0.3, -0.25) is 4.79 Å². The highest BCUT2D eigenvalue weighted by Crippen LogP contribution is 2.23. The van der Waals surface area contributed by atoms with Crippen molar-refractivity contribution in [2.75, 3.05) is 18.5 Å². The zero-order valence-corrected chi connectivity index (χ0v) is 15.8. The molecule has 0 atom stereocenters. The molecule has 0 bridgehead atoms. The minimum Gasteiger partial charge on any atom is -0.492 e. The van der Waals surface area contributed by atoms with Crippen molar-refractivity contribution in [2.45, 2.75) is 26.3 Å². The number of hydrogen-bond acceptors (Lipinski definition) is 3. The Kier molecular flexibility index (Phi) is 10.0. The molecule has 0 heterocycles. The third-order valence-electron chi connectivity index (χ3n) is 3.50. The van der Waals surface area contributed by atoms with Gasteiger partial charge in [-0.2, -0.15) is 0 Å².